The second-order valence-corrected chi connectivity index (χ2v) is 9.16. The maximum absolute atomic E-state index is 14.2. The van der Waals surface area contributed by atoms with Crippen molar-refractivity contribution in [1.29, 1.82) is 0 Å². The number of fused-ring (bicyclic) bond motifs is 2. The molecule has 3 aromatic rings. The lowest BCUT2D eigenvalue weighted by atomic mass is 10.00. The third-order valence-electron chi connectivity index (χ3n) is 6.61. The Morgan fingerprint density at radius 3 is 2.82 bits per heavy atom. The Morgan fingerprint density at radius 2 is 2.03 bits per heavy atom. The first-order chi connectivity index (χ1) is 15.8. The van der Waals surface area contributed by atoms with E-state index in [1.54, 1.807) is 35.5 Å². The Labute approximate surface area is 194 Å². The predicted molar refractivity (Wildman–Crippen MR) is 119 cm³/mol. The normalized spacial score (nSPS) is 21.3. The van der Waals surface area contributed by atoms with E-state index in [9.17, 15) is 18.8 Å². The third-order valence-corrected chi connectivity index (χ3v) is 6.90. The Balaban J connectivity index is 1.33. The van der Waals surface area contributed by atoms with E-state index >= 15 is 0 Å². The van der Waals surface area contributed by atoms with E-state index < -0.39 is 11.9 Å². The largest absolute Gasteiger partial charge is 0.328 e. The Kier molecular flexibility index (Phi) is 5.48. The number of pyridine rings is 1. The Hall–Kier alpha value is -3.13. The number of amides is 1. The number of aryl methyl sites for hydroxylation is 1. The Bertz CT molecular complexity index is 1290. The molecule has 3 atom stereocenters. The van der Waals surface area contributed by atoms with Crippen molar-refractivity contribution in [2.45, 2.75) is 51.2 Å². The molecule has 0 bridgehead atoms. The zero-order chi connectivity index (χ0) is 23.3. The minimum atomic E-state index is -0.518. The molecule has 1 aliphatic carbocycles. The van der Waals surface area contributed by atoms with Crippen LogP contribution in [0.1, 0.15) is 42.2 Å². The van der Waals surface area contributed by atoms with E-state index in [4.69, 9.17) is 11.6 Å². The summed E-state index contributed by atoms with van der Waals surface area (Å²) in [7, 11) is 0. The van der Waals surface area contributed by atoms with Crippen molar-refractivity contribution in [1.82, 2.24) is 19.7 Å². The Morgan fingerprint density at radius 1 is 1.21 bits per heavy atom. The van der Waals surface area contributed by atoms with E-state index in [-0.39, 0.29) is 47.9 Å². The van der Waals surface area contributed by atoms with Crippen LogP contribution in [-0.2, 0) is 22.6 Å². The number of ketones is 2. The number of carbonyl (C=O) groups excluding carboxylic acids is 3. The van der Waals surface area contributed by atoms with Crippen LogP contribution in [0.5, 0.6) is 0 Å². The summed E-state index contributed by atoms with van der Waals surface area (Å²) < 4.78 is 15.7. The van der Waals surface area contributed by atoms with Crippen LogP contribution in [0.25, 0.3) is 10.9 Å². The molecular weight excluding hydrogens is 447 g/mol. The molecule has 0 radical (unpaired) electrons. The number of carbonyl (C=O) groups is 3. The van der Waals surface area contributed by atoms with Gasteiger partial charge in [-0.25, -0.2) is 4.39 Å². The molecule has 170 valence electrons. The van der Waals surface area contributed by atoms with Crippen LogP contribution in [0.2, 0.25) is 5.02 Å². The average molecular weight is 469 g/mol. The van der Waals surface area contributed by atoms with Crippen LogP contribution >= 0.6 is 11.6 Å². The van der Waals surface area contributed by atoms with Crippen molar-refractivity contribution in [2.24, 2.45) is 5.92 Å². The molecule has 0 N–H and O–H groups in total. The van der Waals surface area contributed by atoms with E-state index in [0.717, 1.165) is 6.42 Å². The number of piperidine rings is 1. The zero-order valence-corrected chi connectivity index (χ0v) is 18.8. The molecule has 2 fully saturated rings. The van der Waals surface area contributed by atoms with Gasteiger partial charge in [-0.2, -0.15) is 5.10 Å². The summed E-state index contributed by atoms with van der Waals surface area (Å²) in [4.78, 5) is 44.1. The summed E-state index contributed by atoms with van der Waals surface area (Å²) in [5.74, 6) is -0.659. The summed E-state index contributed by atoms with van der Waals surface area (Å²) in [5.41, 5.74) is 1.29. The maximum atomic E-state index is 14.2. The molecule has 1 saturated carbocycles. The molecule has 1 amide bonds. The molecule has 2 aliphatic rings. The minimum Gasteiger partial charge on any atom is -0.328 e. The van der Waals surface area contributed by atoms with Crippen molar-refractivity contribution >= 4 is 40.0 Å². The molecule has 1 aromatic carbocycles. The molecule has 7 nitrogen and oxygen atoms in total. The van der Waals surface area contributed by atoms with Gasteiger partial charge in [-0.15, -0.1) is 0 Å². The van der Waals surface area contributed by atoms with Crippen molar-refractivity contribution in [3.05, 3.63) is 58.8 Å². The number of Topliss-reactive ketones (excluding diaryl/α,β-unsaturated/α-hetero) is 2. The second-order valence-electron chi connectivity index (χ2n) is 8.75. The molecule has 33 heavy (non-hydrogen) atoms. The van der Waals surface area contributed by atoms with Gasteiger partial charge in [0.1, 0.15) is 18.1 Å². The van der Waals surface area contributed by atoms with Crippen LogP contribution in [-0.4, -0.2) is 49.2 Å². The van der Waals surface area contributed by atoms with Crippen molar-refractivity contribution in [3.8, 4) is 0 Å². The van der Waals surface area contributed by atoms with Gasteiger partial charge in [-0.1, -0.05) is 23.7 Å². The fourth-order valence-corrected chi connectivity index (χ4v) is 5.07. The quantitative estimate of drug-likeness (QED) is 0.494. The van der Waals surface area contributed by atoms with Crippen LogP contribution in [0.4, 0.5) is 4.39 Å². The highest BCUT2D eigenvalue weighted by Crippen LogP contribution is 2.48. The molecule has 1 saturated heterocycles. The molecular formula is C24H22ClFN4O3. The van der Waals surface area contributed by atoms with E-state index in [1.165, 1.54) is 17.7 Å². The van der Waals surface area contributed by atoms with Crippen LogP contribution in [0, 0.1) is 11.7 Å². The second kappa shape index (κ2) is 8.33. The fraction of sp³-hybridized carbons (Fsp3) is 0.375. The van der Waals surface area contributed by atoms with Gasteiger partial charge in [0, 0.05) is 31.0 Å². The highest BCUT2D eigenvalue weighted by atomic mass is 35.5. The summed E-state index contributed by atoms with van der Waals surface area (Å²) in [6.45, 7) is 1.35. The lowest BCUT2D eigenvalue weighted by Gasteiger charge is -2.27. The van der Waals surface area contributed by atoms with Crippen molar-refractivity contribution < 1.29 is 18.8 Å². The maximum Gasteiger partial charge on any atom is 0.245 e. The predicted octanol–water partition coefficient (Wildman–Crippen LogP) is 3.62. The molecule has 2 aromatic heterocycles. The first-order valence-electron chi connectivity index (χ1n) is 10.9. The number of halogens is 2. The number of likely N-dealkylation sites (tertiary alicyclic amines) is 1. The molecule has 5 rings (SSSR count). The number of hydrogen-bond donors (Lipinski definition) is 0. The monoisotopic (exact) mass is 468 g/mol. The molecule has 0 unspecified atom stereocenters. The van der Waals surface area contributed by atoms with Gasteiger partial charge in [0.2, 0.25) is 5.91 Å². The first kappa shape index (κ1) is 21.7. The van der Waals surface area contributed by atoms with Crippen molar-refractivity contribution in [2.75, 3.05) is 0 Å². The van der Waals surface area contributed by atoms with E-state index in [2.05, 4.69) is 10.1 Å². The van der Waals surface area contributed by atoms with E-state index in [0.29, 0.717) is 34.5 Å². The number of hydrogen-bond acceptors (Lipinski definition) is 5. The number of rotatable bonds is 7. The first-order valence-corrected chi connectivity index (χ1v) is 11.3. The highest BCUT2D eigenvalue weighted by Gasteiger charge is 2.55. The van der Waals surface area contributed by atoms with E-state index in [1.807, 2.05) is 0 Å². The van der Waals surface area contributed by atoms with Gasteiger partial charge >= 0.3 is 0 Å². The third kappa shape index (κ3) is 3.93. The summed E-state index contributed by atoms with van der Waals surface area (Å²) in [6, 6.07) is 5.99. The number of nitrogens with zero attached hydrogens (tertiary/aromatic N) is 4. The van der Waals surface area contributed by atoms with Crippen molar-refractivity contribution in [3.63, 3.8) is 0 Å². The van der Waals surface area contributed by atoms with Gasteiger partial charge < -0.3 is 4.90 Å². The number of benzene rings is 1. The fourth-order valence-electron chi connectivity index (χ4n) is 4.88. The summed E-state index contributed by atoms with van der Waals surface area (Å²) in [5, 5.41) is 5.02. The summed E-state index contributed by atoms with van der Waals surface area (Å²) >= 11 is 5.84. The van der Waals surface area contributed by atoms with Crippen LogP contribution in [0.15, 0.2) is 36.7 Å². The topological polar surface area (TPSA) is 85.2 Å². The smallest absolute Gasteiger partial charge is 0.245 e. The average Bonchev–Trinajstić information content (AvgIpc) is 3.30. The molecule has 3 heterocycles. The van der Waals surface area contributed by atoms with Gasteiger partial charge in [0.05, 0.1) is 22.8 Å². The van der Waals surface area contributed by atoms with Gasteiger partial charge in [0.15, 0.2) is 11.6 Å². The lowest BCUT2D eigenvalue weighted by molar-refractivity contribution is -0.139. The SMILES string of the molecule is CC(=O)c1nn(CC(=O)N2[C@@H]3C[C@@H]3C[C@H]2C(=O)CCc2cccc(Cl)c2F)c2cnccc12. The minimum absolute atomic E-state index is 0.0322. The summed E-state index contributed by atoms with van der Waals surface area (Å²) in [6.07, 6.45) is 5.04. The molecule has 0 spiro atoms. The van der Waals surface area contributed by atoms with Gasteiger partial charge in [-0.05, 0) is 42.9 Å². The van der Waals surface area contributed by atoms with Crippen LogP contribution in [0.3, 0.4) is 0 Å². The zero-order valence-electron chi connectivity index (χ0n) is 18.0. The lowest BCUT2D eigenvalue weighted by Crippen LogP contribution is -2.44. The number of aromatic nitrogens is 3. The van der Waals surface area contributed by atoms with Gasteiger partial charge in [0.25, 0.3) is 0 Å². The van der Waals surface area contributed by atoms with Gasteiger partial charge in [-0.3, -0.25) is 24.0 Å². The van der Waals surface area contributed by atoms with Crippen LogP contribution < -0.4 is 0 Å². The molecule has 1 aliphatic heterocycles. The standard InChI is InChI=1S/C24H22ClFN4O3/c1-13(31)24-16-7-8-27-11-20(16)29(28-24)12-22(33)30-18-9-15(18)10-19(30)21(32)6-5-14-3-2-4-17(25)23(14)26/h2-4,7-8,11,15,18-19H,5-6,9-10,12H2,1H3/t15-,18-,19+/m1/s1. The highest BCUT2D eigenvalue weighted by molar-refractivity contribution is 6.30. The molecule has 9 heteroatoms.